The number of carboxylic acid groups (broad SMARTS) is 1. The molecule has 0 fully saturated rings. The van der Waals surface area contributed by atoms with Crippen molar-refractivity contribution in [3.05, 3.63) is 12.7 Å². The van der Waals surface area contributed by atoms with Gasteiger partial charge in [-0.15, -0.1) is 0 Å². The van der Waals surface area contributed by atoms with Crippen LogP contribution in [0.3, 0.4) is 0 Å². The van der Waals surface area contributed by atoms with Crippen molar-refractivity contribution in [2.24, 2.45) is 0 Å². The predicted octanol–water partition coefficient (Wildman–Crippen LogP) is 0.324. The second kappa shape index (κ2) is 8.73. The first-order valence-electron chi connectivity index (χ1n) is 3.56. The Morgan fingerprint density at radius 1 is 1.62 bits per heavy atom. The molecule has 5 heteroatoms. The van der Waals surface area contributed by atoms with E-state index in [0.717, 1.165) is 6.08 Å². The Kier molecular flexibility index (Phi) is 9.53. The molecule has 1 unspecified atom stereocenters. The van der Waals surface area contributed by atoms with Crippen molar-refractivity contribution in [1.29, 1.82) is 0 Å². The topological polar surface area (TPSA) is 66.8 Å². The summed E-state index contributed by atoms with van der Waals surface area (Å²) in [6, 6.07) is 0. The van der Waals surface area contributed by atoms with E-state index in [1.54, 1.807) is 11.8 Å². The SMILES string of the molecule is C=CC(=O)O.CC(OC=O)N(C)C. The lowest BCUT2D eigenvalue weighted by atomic mass is 10.6. The third kappa shape index (κ3) is 13.6. The largest absolute Gasteiger partial charge is 0.478 e. The maximum atomic E-state index is 9.67. The van der Waals surface area contributed by atoms with Crippen LogP contribution in [0, 0.1) is 0 Å². The van der Waals surface area contributed by atoms with Gasteiger partial charge in [0.15, 0.2) is 6.23 Å². The monoisotopic (exact) mass is 189 g/mol. The van der Waals surface area contributed by atoms with Crippen LogP contribution in [0.1, 0.15) is 6.92 Å². The van der Waals surface area contributed by atoms with Crippen LogP contribution in [0.4, 0.5) is 0 Å². The van der Waals surface area contributed by atoms with Gasteiger partial charge in [-0.3, -0.25) is 9.69 Å². The van der Waals surface area contributed by atoms with Crippen LogP contribution in [-0.4, -0.2) is 42.8 Å². The summed E-state index contributed by atoms with van der Waals surface area (Å²) in [5.41, 5.74) is 0. The third-order valence-corrected chi connectivity index (χ3v) is 1.15. The standard InChI is InChI=1S/C5H11NO2.C3H4O2/c1-5(6(2)3)8-4-7;1-2-3(4)5/h4-5H,1-3H3;2H,1H2,(H,4,5). The minimum absolute atomic E-state index is 0.118. The molecule has 0 amide bonds. The molecule has 0 bridgehead atoms. The molecule has 0 spiro atoms. The second-order valence-electron chi connectivity index (χ2n) is 2.34. The molecular weight excluding hydrogens is 174 g/mol. The van der Waals surface area contributed by atoms with Gasteiger partial charge in [-0.25, -0.2) is 4.79 Å². The molecule has 0 aromatic heterocycles. The summed E-state index contributed by atoms with van der Waals surface area (Å²) >= 11 is 0. The molecule has 0 rings (SSSR count). The lowest BCUT2D eigenvalue weighted by molar-refractivity contribution is -0.139. The van der Waals surface area contributed by atoms with E-state index in [9.17, 15) is 9.59 Å². The fraction of sp³-hybridized carbons (Fsp3) is 0.500. The molecule has 0 saturated carbocycles. The highest BCUT2D eigenvalue weighted by molar-refractivity contribution is 5.78. The number of hydrogen-bond donors (Lipinski definition) is 1. The van der Waals surface area contributed by atoms with Crippen LogP contribution in [-0.2, 0) is 14.3 Å². The number of hydrogen-bond acceptors (Lipinski definition) is 4. The van der Waals surface area contributed by atoms with Gasteiger partial charge in [0, 0.05) is 6.08 Å². The lowest BCUT2D eigenvalue weighted by Gasteiger charge is -2.16. The average molecular weight is 189 g/mol. The molecule has 0 saturated heterocycles. The molecule has 0 aliphatic carbocycles. The first-order chi connectivity index (χ1) is 5.95. The Balaban J connectivity index is 0. The van der Waals surface area contributed by atoms with Crippen LogP contribution in [0.2, 0.25) is 0 Å². The molecule has 0 aliphatic rings. The van der Waals surface area contributed by atoms with Crippen molar-refractivity contribution in [2.45, 2.75) is 13.2 Å². The number of carbonyl (C=O) groups is 2. The summed E-state index contributed by atoms with van der Waals surface area (Å²) in [5, 5.41) is 7.60. The smallest absolute Gasteiger partial charge is 0.327 e. The van der Waals surface area contributed by atoms with E-state index < -0.39 is 5.97 Å². The van der Waals surface area contributed by atoms with Gasteiger partial charge in [0.25, 0.3) is 6.47 Å². The quantitative estimate of drug-likeness (QED) is 0.392. The van der Waals surface area contributed by atoms with Gasteiger partial charge in [0.1, 0.15) is 0 Å². The van der Waals surface area contributed by atoms with Gasteiger partial charge >= 0.3 is 5.97 Å². The molecule has 0 aromatic carbocycles. The van der Waals surface area contributed by atoms with E-state index >= 15 is 0 Å². The van der Waals surface area contributed by atoms with Crippen LogP contribution in [0.15, 0.2) is 12.7 Å². The summed E-state index contributed by atoms with van der Waals surface area (Å²) in [6.07, 6.45) is 0.715. The Morgan fingerprint density at radius 2 is 2.00 bits per heavy atom. The highest BCUT2D eigenvalue weighted by Gasteiger charge is 2.00. The summed E-state index contributed by atoms with van der Waals surface area (Å²) in [5.74, 6) is -0.981. The minimum Gasteiger partial charge on any atom is -0.478 e. The number of nitrogens with zero attached hydrogens (tertiary/aromatic N) is 1. The number of ether oxygens (including phenoxy) is 1. The molecule has 1 atom stereocenters. The van der Waals surface area contributed by atoms with Crippen LogP contribution >= 0.6 is 0 Å². The van der Waals surface area contributed by atoms with Gasteiger partial charge in [-0.05, 0) is 21.0 Å². The van der Waals surface area contributed by atoms with Crippen molar-refractivity contribution in [3.63, 3.8) is 0 Å². The van der Waals surface area contributed by atoms with E-state index in [4.69, 9.17) is 5.11 Å². The Bertz CT molecular complexity index is 168. The fourth-order valence-corrected chi connectivity index (χ4v) is 0.202. The maximum absolute atomic E-state index is 9.67. The zero-order chi connectivity index (χ0) is 10.9. The third-order valence-electron chi connectivity index (χ3n) is 1.15. The molecule has 1 N–H and O–H groups in total. The van der Waals surface area contributed by atoms with Crippen molar-refractivity contribution >= 4 is 12.4 Å². The second-order valence-corrected chi connectivity index (χ2v) is 2.34. The van der Waals surface area contributed by atoms with E-state index in [1.807, 2.05) is 14.1 Å². The Labute approximate surface area is 77.6 Å². The Hall–Kier alpha value is -1.36. The summed E-state index contributed by atoms with van der Waals surface area (Å²) in [6.45, 7) is 5.21. The van der Waals surface area contributed by atoms with Gasteiger partial charge in [0.05, 0.1) is 0 Å². The average Bonchev–Trinajstić information content (AvgIpc) is 2.06. The van der Waals surface area contributed by atoms with Crippen LogP contribution < -0.4 is 0 Å². The van der Waals surface area contributed by atoms with Gasteiger partial charge < -0.3 is 9.84 Å². The molecule has 0 aliphatic heterocycles. The highest BCUT2D eigenvalue weighted by Crippen LogP contribution is 1.88. The molecule has 76 valence electrons. The number of carbonyl (C=O) groups excluding carboxylic acids is 1. The molecular formula is C8H15NO4. The number of rotatable bonds is 4. The highest BCUT2D eigenvalue weighted by atomic mass is 16.5. The number of aliphatic carboxylic acids is 1. The molecule has 0 radical (unpaired) electrons. The lowest BCUT2D eigenvalue weighted by Crippen LogP contribution is -2.26. The molecule has 5 nitrogen and oxygen atoms in total. The summed E-state index contributed by atoms with van der Waals surface area (Å²) < 4.78 is 4.55. The van der Waals surface area contributed by atoms with Crippen LogP contribution in [0.5, 0.6) is 0 Å². The first kappa shape index (κ1) is 14.2. The van der Waals surface area contributed by atoms with Crippen LogP contribution in [0.25, 0.3) is 0 Å². The number of carboxylic acids is 1. The first-order valence-corrected chi connectivity index (χ1v) is 3.56. The van der Waals surface area contributed by atoms with E-state index in [2.05, 4.69) is 11.3 Å². The summed E-state index contributed by atoms with van der Waals surface area (Å²) in [7, 11) is 3.68. The zero-order valence-electron chi connectivity index (χ0n) is 8.06. The predicted molar refractivity (Wildman–Crippen MR) is 48.1 cm³/mol. The van der Waals surface area contributed by atoms with Crippen molar-refractivity contribution < 1.29 is 19.4 Å². The van der Waals surface area contributed by atoms with Crippen molar-refractivity contribution in [2.75, 3.05) is 14.1 Å². The van der Waals surface area contributed by atoms with Gasteiger partial charge in [0.2, 0.25) is 0 Å². The minimum atomic E-state index is -0.981. The van der Waals surface area contributed by atoms with Gasteiger partial charge in [-0.1, -0.05) is 6.58 Å². The van der Waals surface area contributed by atoms with Gasteiger partial charge in [-0.2, -0.15) is 0 Å². The Morgan fingerprint density at radius 3 is 2.08 bits per heavy atom. The fourth-order valence-electron chi connectivity index (χ4n) is 0.202. The molecule has 13 heavy (non-hydrogen) atoms. The van der Waals surface area contributed by atoms with E-state index in [-0.39, 0.29) is 6.23 Å². The zero-order valence-corrected chi connectivity index (χ0v) is 8.06. The molecule has 0 heterocycles. The summed E-state index contributed by atoms with van der Waals surface area (Å²) in [4.78, 5) is 20.7. The van der Waals surface area contributed by atoms with E-state index in [0.29, 0.717) is 6.47 Å². The molecule has 0 aromatic rings. The van der Waals surface area contributed by atoms with E-state index in [1.165, 1.54) is 0 Å². The van der Waals surface area contributed by atoms with Crippen molar-refractivity contribution in [3.8, 4) is 0 Å². The normalized spacial score (nSPS) is 10.8. The van der Waals surface area contributed by atoms with Crippen molar-refractivity contribution in [1.82, 2.24) is 4.90 Å². The maximum Gasteiger partial charge on any atom is 0.327 e.